The summed E-state index contributed by atoms with van der Waals surface area (Å²) in [4.78, 5) is 28.2. The summed E-state index contributed by atoms with van der Waals surface area (Å²) in [6.07, 6.45) is 0. The van der Waals surface area contributed by atoms with E-state index in [9.17, 15) is 9.59 Å². The van der Waals surface area contributed by atoms with Gasteiger partial charge >= 0.3 is 6.03 Å². The van der Waals surface area contributed by atoms with Crippen LogP contribution in [0.15, 0.2) is 64.5 Å². The summed E-state index contributed by atoms with van der Waals surface area (Å²) in [5.41, 5.74) is 1.57. The van der Waals surface area contributed by atoms with E-state index < -0.39 is 6.03 Å². The molecule has 1 aromatic heterocycles. The Morgan fingerprint density at radius 2 is 1.56 bits per heavy atom. The number of amides is 3. The summed E-state index contributed by atoms with van der Waals surface area (Å²) in [6, 6.07) is 15.9. The van der Waals surface area contributed by atoms with E-state index in [4.69, 9.17) is 0 Å². The van der Waals surface area contributed by atoms with E-state index >= 15 is 0 Å². The maximum atomic E-state index is 12.2. The van der Waals surface area contributed by atoms with Crippen LogP contribution in [-0.4, -0.2) is 16.9 Å². The Bertz CT molecular complexity index is 881. The number of carbonyl (C=O) groups is 2. The fourth-order valence-electron chi connectivity index (χ4n) is 1.94. The van der Waals surface area contributed by atoms with Crippen LogP contribution in [0.5, 0.6) is 0 Å². The van der Waals surface area contributed by atoms with Crippen LogP contribution >= 0.6 is 27.3 Å². The second kappa shape index (κ2) is 7.91. The number of thiazole rings is 1. The summed E-state index contributed by atoms with van der Waals surface area (Å²) < 4.78 is 0.926. The van der Waals surface area contributed by atoms with Crippen LogP contribution in [-0.2, 0) is 0 Å². The normalized spacial score (nSPS) is 10.1. The van der Waals surface area contributed by atoms with E-state index in [-0.39, 0.29) is 11.6 Å². The molecule has 0 aliphatic rings. The Kier molecular flexibility index (Phi) is 5.42. The van der Waals surface area contributed by atoms with E-state index in [0.717, 1.165) is 4.47 Å². The van der Waals surface area contributed by atoms with Gasteiger partial charge in [0.25, 0.3) is 5.91 Å². The van der Waals surface area contributed by atoms with Gasteiger partial charge in [0.1, 0.15) is 5.69 Å². The van der Waals surface area contributed by atoms with Gasteiger partial charge in [-0.25, -0.2) is 9.78 Å². The SMILES string of the molecule is O=C(Nc1ccccc1)Nc1nc(C(=O)Nc2ccc(Br)cc2)cs1. The number of urea groups is 1. The largest absolute Gasteiger partial charge is 0.325 e. The molecule has 0 bridgehead atoms. The predicted molar refractivity (Wildman–Crippen MR) is 103 cm³/mol. The van der Waals surface area contributed by atoms with Crippen molar-refractivity contribution >= 4 is 55.7 Å². The lowest BCUT2D eigenvalue weighted by molar-refractivity contribution is 0.102. The molecule has 6 nitrogen and oxygen atoms in total. The standard InChI is InChI=1S/C17H13BrN4O2S/c18-11-6-8-13(9-7-11)19-15(23)14-10-25-17(21-14)22-16(24)20-12-4-2-1-3-5-12/h1-10H,(H,19,23)(H2,20,21,22,24). The van der Waals surface area contributed by atoms with Crippen LogP contribution in [0.1, 0.15) is 10.5 Å². The Balaban J connectivity index is 1.59. The number of para-hydroxylation sites is 1. The molecule has 0 fully saturated rings. The van der Waals surface area contributed by atoms with Crippen molar-refractivity contribution in [2.45, 2.75) is 0 Å². The van der Waals surface area contributed by atoms with Crippen molar-refractivity contribution in [1.82, 2.24) is 4.98 Å². The third-order valence-electron chi connectivity index (χ3n) is 3.09. The number of rotatable bonds is 4. The van der Waals surface area contributed by atoms with Crippen molar-refractivity contribution < 1.29 is 9.59 Å². The minimum atomic E-state index is -0.416. The highest BCUT2D eigenvalue weighted by atomic mass is 79.9. The smallest absolute Gasteiger partial charge is 0.321 e. The second-order valence-electron chi connectivity index (χ2n) is 4.94. The Hall–Kier alpha value is -2.71. The molecule has 25 heavy (non-hydrogen) atoms. The molecule has 0 aliphatic carbocycles. The molecule has 3 rings (SSSR count). The van der Waals surface area contributed by atoms with Crippen LogP contribution in [0.4, 0.5) is 21.3 Å². The van der Waals surface area contributed by atoms with Crippen molar-refractivity contribution in [1.29, 1.82) is 0 Å². The summed E-state index contributed by atoms with van der Waals surface area (Å²) in [7, 11) is 0. The van der Waals surface area contributed by atoms with Crippen LogP contribution < -0.4 is 16.0 Å². The van der Waals surface area contributed by atoms with Gasteiger partial charge in [0.05, 0.1) is 0 Å². The van der Waals surface area contributed by atoms with Crippen molar-refractivity contribution in [2.24, 2.45) is 0 Å². The quantitative estimate of drug-likeness (QED) is 0.570. The molecule has 0 atom stereocenters. The van der Waals surface area contributed by atoms with E-state index in [2.05, 4.69) is 36.9 Å². The maximum absolute atomic E-state index is 12.2. The summed E-state index contributed by atoms with van der Waals surface area (Å²) >= 11 is 4.52. The highest BCUT2D eigenvalue weighted by Gasteiger charge is 2.12. The van der Waals surface area contributed by atoms with Gasteiger partial charge in [-0.15, -0.1) is 11.3 Å². The molecule has 2 aromatic carbocycles. The first kappa shape index (κ1) is 17.1. The molecule has 0 spiro atoms. The first-order valence-corrected chi connectivity index (χ1v) is 8.93. The zero-order valence-electron chi connectivity index (χ0n) is 12.8. The van der Waals surface area contributed by atoms with Crippen LogP contribution in [0.2, 0.25) is 0 Å². The van der Waals surface area contributed by atoms with Crippen LogP contribution in [0.3, 0.4) is 0 Å². The molecule has 3 amide bonds. The molecule has 0 unspecified atom stereocenters. The summed E-state index contributed by atoms with van der Waals surface area (Å²) in [5.74, 6) is -0.338. The van der Waals surface area contributed by atoms with E-state index in [1.165, 1.54) is 11.3 Å². The number of halogens is 1. The molecular weight excluding hydrogens is 404 g/mol. The average Bonchev–Trinajstić information content (AvgIpc) is 3.06. The van der Waals surface area contributed by atoms with Gasteiger partial charge in [0.2, 0.25) is 0 Å². The van der Waals surface area contributed by atoms with Crippen LogP contribution in [0.25, 0.3) is 0 Å². The van der Waals surface area contributed by atoms with E-state index in [0.29, 0.717) is 16.5 Å². The maximum Gasteiger partial charge on any atom is 0.325 e. The number of carbonyl (C=O) groups excluding carboxylic acids is 2. The van der Waals surface area contributed by atoms with Gasteiger partial charge in [-0.3, -0.25) is 10.1 Å². The lowest BCUT2D eigenvalue weighted by Gasteiger charge is -2.05. The molecule has 8 heteroatoms. The average molecular weight is 417 g/mol. The Labute approximate surface area is 156 Å². The summed E-state index contributed by atoms with van der Waals surface area (Å²) in [6.45, 7) is 0. The number of benzene rings is 2. The van der Waals surface area contributed by atoms with Crippen molar-refractivity contribution in [3.8, 4) is 0 Å². The molecule has 0 saturated carbocycles. The Morgan fingerprint density at radius 3 is 2.28 bits per heavy atom. The second-order valence-corrected chi connectivity index (χ2v) is 6.72. The third-order valence-corrected chi connectivity index (χ3v) is 4.38. The van der Waals surface area contributed by atoms with E-state index in [1.807, 2.05) is 30.3 Å². The molecule has 1 heterocycles. The van der Waals surface area contributed by atoms with Crippen molar-refractivity contribution in [3.63, 3.8) is 0 Å². The molecule has 0 saturated heterocycles. The first-order chi connectivity index (χ1) is 12.1. The first-order valence-electron chi connectivity index (χ1n) is 7.25. The van der Waals surface area contributed by atoms with Gasteiger partial charge < -0.3 is 10.6 Å². The zero-order valence-corrected chi connectivity index (χ0v) is 15.2. The van der Waals surface area contributed by atoms with Gasteiger partial charge in [-0.1, -0.05) is 34.1 Å². The van der Waals surface area contributed by atoms with Gasteiger partial charge in [0, 0.05) is 21.2 Å². The number of hydrogen-bond acceptors (Lipinski definition) is 4. The molecule has 0 radical (unpaired) electrons. The van der Waals surface area contributed by atoms with Gasteiger partial charge in [-0.2, -0.15) is 0 Å². The lowest BCUT2D eigenvalue weighted by Crippen LogP contribution is -2.19. The van der Waals surface area contributed by atoms with Gasteiger partial charge in [0.15, 0.2) is 5.13 Å². The fraction of sp³-hybridized carbons (Fsp3) is 0. The van der Waals surface area contributed by atoms with E-state index in [1.54, 1.807) is 29.6 Å². The lowest BCUT2D eigenvalue weighted by atomic mass is 10.3. The summed E-state index contributed by atoms with van der Waals surface area (Å²) in [5, 5.41) is 9.97. The number of anilines is 3. The molecule has 3 aromatic rings. The predicted octanol–water partition coefficient (Wildman–Crippen LogP) is 4.80. The monoisotopic (exact) mass is 416 g/mol. The van der Waals surface area contributed by atoms with Gasteiger partial charge in [-0.05, 0) is 36.4 Å². The number of nitrogens with zero attached hydrogens (tertiary/aromatic N) is 1. The molecular formula is C17H13BrN4O2S. The van der Waals surface area contributed by atoms with Crippen LogP contribution in [0, 0.1) is 0 Å². The highest BCUT2D eigenvalue weighted by Crippen LogP contribution is 2.19. The van der Waals surface area contributed by atoms with Crippen molar-refractivity contribution in [3.05, 3.63) is 70.1 Å². The van der Waals surface area contributed by atoms with Crippen molar-refractivity contribution in [2.75, 3.05) is 16.0 Å². The fourth-order valence-corrected chi connectivity index (χ4v) is 2.89. The number of nitrogens with one attached hydrogen (secondary N) is 3. The Morgan fingerprint density at radius 1 is 0.880 bits per heavy atom. The number of aromatic nitrogens is 1. The topological polar surface area (TPSA) is 83.1 Å². The molecule has 0 aliphatic heterocycles. The minimum absolute atomic E-state index is 0.239. The zero-order chi connectivity index (χ0) is 17.6. The highest BCUT2D eigenvalue weighted by molar-refractivity contribution is 9.10. The molecule has 126 valence electrons. The molecule has 3 N–H and O–H groups in total. The minimum Gasteiger partial charge on any atom is -0.321 e. The number of hydrogen-bond donors (Lipinski definition) is 3. The third kappa shape index (κ3) is 4.88.